The quantitative estimate of drug-likeness (QED) is 0.832. The normalized spacial score (nSPS) is 17.4. The molecule has 1 aromatic rings. The highest BCUT2D eigenvalue weighted by molar-refractivity contribution is 7.89. The van der Waals surface area contributed by atoms with Gasteiger partial charge in [-0.1, -0.05) is 6.07 Å². The Morgan fingerprint density at radius 2 is 1.89 bits per heavy atom. The Balaban J connectivity index is 2.01. The van der Waals surface area contributed by atoms with Crippen LogP contribution in [0, 0.1) is 17.6 Å². The second-order valence-electron chi connectivity index (χ2n) is 4.64. The van der Waals surface area contributed by atoms with Crippen LogP contribution in [0.5, 0.6) is 0 Å². The number of halogens is 2. The van der Waals surface area contributed by atoms with Crippen LogP contribution in [-0.2, 0) is 10.0 Å². The van der Waals surface area contributed by atoms with Gasteiger partial charge in [-0.25, -0.2) is 21.9 Å². The molecule has 0 aliphatic heterocycles. The van der Waals surface area contributed by atoms with E-state index in [4.69, 9.17) is 0 Å². The highest BCUT2D eigenvalue weighted by Crippen LogP contribution is 2.33. The van der Waals surface area contributed by atoms with Crippen LogP contribution >= 0.6 is 0 Å². The van der Waals surface area contributed by atoms with Crippen LogP contribution in [0.15, 0.2) is 23.1 Å². The van der Waals surface area contributed by atoms with Crippen molar-refractivity contribution in [3.63, 3.8) is 0 Å². The topological polar surface area (TPSA) is 66.4 Å². The Morgan fingerprint density at radius 3 is 2.42 bits per heavy atom. The molecule has 0 radical (unpaired) electrons. The third kappa shape index (κ3) is 3.49. The number of nitrogens with one attached hydrogen (secondary N) is 1. The van der Waals surface area contributed by atoms with Crippen LogP contribution < -0.4 is 4.72 Å². The molecule has 106 valence electrons. The minimum Gasteiger partial charge on any atom is -0.393 e. The molecule has 1 aromatic carbocycles. The van der Waals surface area contributed by atoms with Crippen molar-refractivity contribution in [2.24, 2.45) is 5.92 Å². The predicted octanol–water partition coefficient (Wildman–Crippen LogP) is 1.40. The highest BCUT2D eigenvalue weighted by Gasteiger charge is 2.30. The van der Waals surface area contributed by atoms with E-state index in [0.717, 1.165) is 31.0 Å². The molecule has 4 nitrogen and oxygen atoms in total. The maximum Gasteiger partial charge on any atom is 0.246 e. The summed E-state index contributed by atoms with van der Waals surface area (Å²) < 4.78 is 52.4. The molecular weight excluding hydrogens is 276 g/mol. The second-order valence-corrected chi connectivity index (χ2v) is 6.35. The van der Waals surface area contributed by atoms with Crippen molar-refractivity contribution < 1.29 is 22.3 Å². The summed E-state index contributed by atoms with van der Waals surface area (Å²) in [5.41, 5.74) is 0. The monoisotopic (exact) mass is 291 g/mol. The Labute approximate surface area is 110 Å². The van der Waals surface area contributed by atoms with E-state index in [9.17, 15) is 22.3 Å². The van der Waals surface area contributed by atoms with E-state index in [1.165, 1.54) is 0 Å². The number of aliphatic hydroxyl groups is 1. The summed E-state index contributed by atoms with van der Waals surface area (Å²) in [6, 6.07) is 2.87. The number of rotatable bonds is 6. The molecule has 0 amide bonds. The molecule has 19 heavy (non-hydrogen) atoms. The number of sulfonamides is 1. The van der Waals surface area contributed by atoms with E-state index in [1.807, 2.05) is 0 Å². The van der Waals surface area contributed by atoms with Gasteiger partial charge in [-0.3, -0.25) is 0 Å². The fraction of sp³-hybridized carbons (Fsp3) is 0.500. The lowest BCUT2D eigenvalue weighted by molar-refractivity contribution is 0.143. The zero-order chi connectivity index (χ0) is 14.0. The largest absolute Gasteiger partial charge is 0.393 e. The standard InChI is InChI=1S/C12H15F2NO3S/c13-9-2-1-3-10(14)12(9)19(17,18)15-7-6-11(16)8-4-5-8/h1-3,8,11,15-16H,4-7H2. The smallest absolute Gasteiger partial charge is 0.246 e. The number of aliphatic hydroxyl groups excluding tert-OH is 1. The van der Waals surface area contributed by atoms with Crippen LogP contribution in [0.25, 0.3) is 0 Å². The third-order valence-corrected chi connectivity index (χ3v) is 4.60. The van der Waals surface area contributed by atoms with E-state index in [-0.39, 0.29) is 18.9 Å². The van der Waals surface area contributed by atoms with Gasteiger partial charge in [-0.15, -0.1) is 0 Å². The Morgan fingerprint density at radius 1 is 1.32 bits per heavy atom. The van der Waals surface area contributed by atoms with Crippen molar-refractivity contribution in [3.05, 3.63) is 29.8 Å². The third-order valence-electron chi connectivity index (χ3n) is 3.09. The van der Waals surface area contributed by atoms with Gasteiger partial charge in [0.1, 0.15) is 11.6 Å². The summed E-state index contributed by atoms with van der Waals surface area (Å²) in [4.78, 5) is -0.976. The van der Waals surface area contributed by atoms with Crippen LogP contribution in [0.1, 0.15) is 19.3 Å². The first kappa shape index (κ1) is 14.4. The molecule has 1 aliphatic carbocycles. The maximum absolute atomic E-state index is 13.4. The Kier molecular flexibility index (Phi) is 4.17. The molecule has 0 saturated heterocycles. The molecule has 1 saturated carbocycles. The molecule has 1 atom stereocenters. The fourth-order valence-electron chi connectivity index (χ4n) is 1.87. The van der Waals surface area contributed by atoms with Crippen LogP contribution in [-0.4, -0.2) is 26.2 Å². The summed E-state index contributed by atoms with van der Waals surface area (Å²) in [6.07, 6.45) is 1.55. The number of hydrogen-bond donors (Lipinski definition) is 2. The van der Waals surface area contributed by atoms with Crippen molar-refractivity contribution in [1.82, 2.24) is 4.72 Å². The molecule has 1 unspecified atom stereocenters. The fourth-order valence-corrected chi connectivity index (χ4v) is 3.05. The van der Waals surface area contributed by atoms with Gasteiger partial charge in [0.05, 0.1) is 6.10 Å². The lowest BCUT2D eigenvalue weighted by Crippen LogP contribution is -2.29. The van der Waals surface area contributed by atoms with Crippen molar-refractivity contribution in [2.45, 2.75) is 30.3 Å². The van der Waals surface area contributed by atoms with Gasteiger partial charge in [-0.05, 0) is 37.3 Å². The van der Waals surface area contributed by atoms with Gasteiger partial charge >= 0.3 is 0 Å². The predicted molar refractivity (Wildman–Crippen MR) is 64.9 cm³/mol. The second kappa shape index (κ2) is 5.52. The number of benzene rings is 1. The molecule has 1 fully saturated rings. The maximum atomic E-state index is 13.4. The first-order valence-corrected chi connectivity index (χ1v) is 7.52. The first-order chi connectivity index (χ1) is 8.92. The van der Waals surface area contributed by atoms with Gasteiger partial charge in [0.25, 0.3) is 0 Å². The summed E-state index contributed by atoms with van der Waals surface area (Å²) in [7, 11) is -4.23. The Hall–Kier alpha value is -1.05. The van der Waals surface area contributed by atoms with E-state index < -0.39 is 32.7 Å². The summed E-state index contributed by atoms with van der Waals surface area (Å²) in [5, 5.41) is 9.58. The van der Waals surface area contributed by atoms with Crippen LogP contribution in [0.4, 0.5) is 8.78 Å². The van der Waals surface area contributed by atoms with E-state index in [0.29, 0.717) is 0 Å². The summed E-state index contributed by atoms with van der Waals surface area (Å²) >= 11 is 0. The molecule has 2 N–H and O–H groups in total. The SMILES string of the molecule is O=S(=O)(NCCC(O)C1CC1)c1c(F)cccc1F. The molecule has 0 heterocycles. The van der Waals surface area contributed by atoms with Crippen molar-refractivity contribution >= 4 is 10.0 Å². The highest BCUT2D eigenvalue weighted by atomic mass is 32.2. The van der Waals surface area contributed by atoms with Crippen LogP contribution in [0.3, 0.4) is 0 Å². The molecule has 1 aliphatic rings. The molecule has 0 aromatic heterocycles. The molecule has 2 rings (SSSR count). The van der Waals surface area contributed by atoms with Gasteiger partial charge in [0.2, 0.25) is 10.0 Å². The summed E-state index contributed by atoms with van der Waals surface area (Å²) in [6.45, 7) is -0.0478. The minimum absolute atomic E-state index is 0.0478. The Bertz CT molecular complexity index is 538. The van der Waals surface area contributed by atoms with Crippen molar-refractivity contribution in [1.29, 1.82) is 0 Å². The van der Waals surface area contributed by atoms with Crippen LogP contribution in [0.2, 0.25) is 0 Å². The van der Waals surface area contributed by atoms with Crippen molar-refractivity contribution in [2.75, 3.05) is 6.54 Å². The van der Waals surface area contributed by atoms with Gasteiger partial charge < -0.3 is 5.11 Å². The lowest BCUT2D eigenvalue weighted by Gasteiger charge is -2.11. The molecule has 0 spiro atoms. The van der Waals surface area contributed by atoms with E-state index in [2.05, 4.69) is 4.72 Å². The zero-order valence-corrected chi connectivity index (χ0v) is 11.0. The van der Waals surface area contributed by atoms with Gasteiger partial charge in [-0.2, -0.15) is 0 Å². The summed E-state index contributed by atoms with van der Waals surface area (Å²) in [5.74, 6) is -2.03. The lowest BCUT2D eigenvalue weighted by atomic mass is 10.2. The van der Waals surface area contributed by atoms with Gasteiger partial charge in [0, 0.05) is 6.54 Å². The van der Waals surface area contributed by atoms with E-state index in [1.54, 1.807) is 0 Å². The molecule has 0 bridgehead atoms. The van der Waals surface area contributed by atoms with E-state index >= 15 is 0 Å². The zero-order valence-electron chi connectivity index (χ0n) is 10.1. The average molecular weight is 291 g/mol. The van der Waals surface area contributed by atoms with Crippen molar-refractivity contribution in [3.8, 4) is 0 Å². The molecular formula is C12H15F2NO3S. The minimum atomic E-state index is -4.23. The average Bonchev–Trinajstić information content (AvgIpc) is 3.11. The molecule has 7 heteroatoms. The number of hydrogen-bond acceptors (Lipinski definition) is 3. The first-order valence-electron chi connectivity index (χ1n) is 6.03. The van der Waals surface area contributed by atoms with Gasteiger partial charge in [0.15, 0.2) is 4.90 Å².